The van der Waals surface area contributed by atoms with Crippen LogP contribution in [0.25, 0.3) is 0 Å². The zero-order valence-corrected chi connectivity index (χ0v) is 15.5. The molecule has 0 aliphatic carbocycles. The highest BCUT2D eigenvalue weighted by atomic mass is 79.9. The molecule has 130 valence electrons. The quantitative estimate of drug-likeness (QED) is 0.739. The van der Waals surface area contributed by atoms with Gasteiger partial charge < -0.3 is 5.32 Å². The maximum atomic E-state index is 13.1. The van der Waals surface area contributed by atoms with Gasteiger partial charge in [-0.05, 0) is 42.5 Å². The molecule has 1 fully saturated rings. The Morgan fingerprint density at radius 3 is 2.65 bits per heavy atom. The molecule has 0 bridgehead atoms. The summed E-state index contributed by atoms with van der Waals surface area (Å²) in [7, 11) is 0. The van der Waals surface area contributed by atoms with Gasteiger partial charge in [0.2, 0.25) is 5.91 Å². The van der Waals surface area contributed by atoms with E-state index in [-0.39, 0.29) is 23.3 Å². The minimum Gasteiger partial charge on any atom is -0.320 e. The number of rotatable bonds is 2. The zero-order chi connectivity index (χ0) is 18.3. The van der Waals surface area contributed by atoms with E-state index in [0.717, 1.165) is 4.47 Å². The first-order valence-corrected chi connectivity index (χ1v) is 9.29. The van der Waals surface area contributed by atoms with Gasteiger partial charge in [0.15, 0.2) is 10.9 Å². The summed E-state index contributed by atoms with van der Waals surface area (Å²) < 4.78 is 13.9. The Morgan fingerprint density at radius 2 is 1.88 bits per heavy atom. The van der Waals surface area contributed by atoms with Crippen molar-refractivity contribution in [2.75, 3.05) is 16.0 Å². The molecule has 2 amide bonds. The summed E-state index contributed by atoms with van der Waals surface area (Å²) in [5.41, 5.74) is 1.96. The topological polar surface area (TPSA) is 74.1 Å². The largest absolute Gasteiger partial charge is 0.320 e. The van der Waals surface area contributed by atoms with E-state index in [2.05, 4.69) is 31.4 Å². The van der Waals surface area contributed by atoms with Crippen LogP contribution in [0.5, 0.6) is 0 Å². The van der Waals surface area contributed by atoms with Gasteiger partial charge in [0.1, 0.15) is 5.82 Å². The van der Waals surface area contributed by atoms with Crippen LogP contribution in [0.3, 0.4) is 0 Å². The molecular weight excluding hydrogens is 423 g/mol. The summed E-state index contributed by atoms with van der Waals surface area (Å²) in [5, 5.41) is 11.3. The van der Waals surface area contributed by atoms with Gasteiger partial charge in [0, 0.05) is 10.0 Å². The second kappa shape index (κ2) is 6.65. The van der Waals surface area contributed by atoms with Crippen LogP contribution in [0, 0.1) is 5.82 Å². The van der Waals surface area contributed by atoms with Crippen LogP contribution in [0.4, 0.5) is 15.8 Å². The van der Waals surface area contributed by atoms with Gasteiger partial charge in [0.25, 0.3) is 5.91 Å². The van der Waals surface area contributed by atoms with E-state index < -0.39 is 5.82 Å². The lowest BCUT2D eigenvalue weighted by atomic mass is 10.1. The number of hydrogen-bond donors (Lipinski definition) is 1. The van der Waals surface area contributed by atoms with E-state index in [9.17, 15) is 14.0 Å². The maximum absolute atomic E-state index is 13.1. The fraction of sp³-hybridized carbons (Fsp3) is 0.0588. The second-order valence-corrected chi connectivity index (χ2v) is 7.33. The maximum Gasteiger partial charge on any atom is 0.276 e. The minimum atomic E-state index is -0.392. The van der Waals surface area contributed by atoms with Crippen molar-refractivity contribution in [1.29, 1.82) is 0 Å². The van der Waals surface area contributed by atoms with Crippen LogP contribution in [0.1, 0.15) is 5.56 Å². The Hall–Kier alpha value is -2.52. The molecule has 2 aromatic rings. The van der Waals surface area contributed by atoms with Crippen molar-refractivity contribution in [2.24, 2.45) is 10.2 Å². The number of anilines is 2. The van der Waals surface area contributed by atoms with Crippen LogP contribution in [0.2, 0.25) is 0 Å². The molecule has 1 saturated heterocycles. The summed E-state index contributed by atoms with van der Waals surface area (Å²) in [6.45, 7) is 0. The predicted octanol–water partition coefficient (Wildman–Crippen LogP) is 3.38. The number of amides is 2. The summed E-state index contributed by atoms with van der Waals surface area (Å²) >= 11 is 4.58. The molecule has 2 heterocycles. The number of nitrogens with one attached hydrogen (secondary N) is 1. The highest BCUT2D eigenvalue weighted by Crippen LogP contribution is 2.29. The number of carbonyl (C=O) groups excluding carboxylic acids is 2. The fourth-order valence-electron chi connectivity index (χ4n) is 2.60. The molecule has 0 aromatic heterocycles. The Balaban J connectivity index is 1.71. The van der Waals surface area contributed by atoms with E-state index in [0.29, 0.717) is 22.1 Å². The van der Waals surface area contributed by atoms with Crippen molar-refractivity contribution in [3.63, 3.8) is 0 Å². The molecule has 6 nitrogen and oxygen atoms in total. The number of benzene rings is 2. The van der Waals surface area contributed by atoms with Crippen LogP contribution in [-0.2, 0) is 9.59 Å². The second-order valence-electron chi connectivity index (χ2n) is 5.47. The molecule has 0 saturated carbocycles. The number of amidine groups is 1. The van der Waals surface area contributed by atoms with Gasteiger partial charge in [-0.15, -0.1) is 10.2 Å². The van der Waals surface area contributed by atoms with Crippen molar-refractivity contribution in [3.8, 4) is 0 Å². The summed E-state index contributed by atoms with van der Waals surface area (Å²) in [6, 6.07) is 10.9. The third kappa shape index (κ3) is 3.04. The van der Waals surface area contributed by atoms with E-state index in [4.69, 9.17) is 0 Å². The van der Waals surface area contributed by atoms with Gasteiger partial charge in [0.05, 0.1) is 17.1 Å². The highest BCUT2D eigenvalue weighted by Gasteiger charge is 2.31. The molecule has 0 radical (unpaired) electrons. The van der Waals surface area contributed by atoms with Gasteiger partial charge >= 0.3 is 0 Å². The SMILES string of the molecule is O=C1Nc2ccc(Br)cc2C1=NN=C1SCC(=O)N1c1ccc(F)cc1. The normalized spacial score (nSPS) is 19.4. The smallest absolute Gasteiger partial charge is 0.276 e. The average molecular weight is 433 g/mol. The van der Waals surface area contributed by atoms with Crippen molar-refractivity contribution in [2.45, 2.75) is 0 Å². The molecule has 2 aromatic carbocycles. The molecule has 2 aliphatic rings. The zero-order valence-electron chi connectivity index (χ0n) is 13.1. The Kier molecular flexibility index (Phi) is 4.33. The molecular formula is C17H10BrFN4O2S. The molecule has 9 heteroatoms. The van der Waals surface area contributed by atoms with E-state index in [1.165, 1.54) is 40.9 Å². The van der Waals surface area contributed by atoms with Gasteiger partial charge in [-0.2, -0.15) is 0 Å². The number of carbonyl (C=O) groups is 2. The lowest BCUT2D eigenvalue weighted by molar-refractivity contribution is -0.115. The molecule has 26 heavy (non-hydrogen) atoms. The molecule has 0 spiro atoms. The van der Waals surface area contributed by atoms with Gasteiger partial charge in [-0.1, -0.05) is 27.7 Å². The number of thioether (sulfide) groups is 1. The Labute approximate surface area is 160 Å². The van der Waals surface area contributed by atoms with E-state index in [1.807, 2.05) is 6.07 Å². The lowest BCUT2D eigenvalue weighted by Gasteiger charge is -2.14. The molecule has 1 N–H and O–H groups in total. The van der Waals surface area contributed by atoms with E-state index >= 15 is 0 Å². The van der Waals surface area contributed by atoms with Crippen molar-refractivity contribution < 1.29 is 14.0 Å². The third-order valence-electron chi connectivity index (χ3n) is 3.79. The van der Waals surface area contributed by atoms with Crippen LogP contribution < -0.4 is 10.2 Å². The highest BCUT2D eigenvalue weighted by molar-refractivity contribution is 9.10. The van der Waals surface area contributed by atoms with Crippen LogP contribution in [0.15, 0.2) is 57.1 Å². The third-order valence-corrected chi connectivity index (χ3v) is 5.19. The first-order chi connectivity index (χ1) is 12.5. The molecule has 0 atom stereocenters. The first-order valence-electron chi connectivity index (χ1n) is 7.51. The average Bonchev–Trinajstić information content (AvgIpc) is 3.13. The fourth-order valence-corrected chi connectivity index (χ4v) is 3.78. The lowest BCUT2D eigenvalue weighted by Crippen LogP contribution is -2.29. The van der Waals surface area contributed by atoms with Crippen LogP contribution in [-0.4, -0.2) is 28.4 Å². The summed E-state index contributed by atoms with van der Waals surface area (Å²) in [4.78, 5) is 25.7. The van der Waals surface area contributed by atoms with Crippen molar-refractivity contribution in [1.82, 2.24) is 0 Å². The number of halogens is 2. The predicted molar refractivity (Wildman–Crippen MR) is 103 cm³/mol. The molecule has 4 rings (SSSR count). The van der Waals surface area contributed by atoms with E-state index in [1.54, 1.807) is 12.1 Å². The van der Waals surface area contributed by atoms with Crippen molar-refractivity contribution in [3.05, 3.63) is 58.3 Å². The molecule has 0 unspecified atom stereocenters. The summed E-state index contributed by atoms with van der Waals surface area (Å²) in [6.07, 6.45) is 0. The number of hydrogen-bond acceptors (Lipinski definition) is 5. The first kappa shape index (κ1) is 16.9. The Morgan fingerprint density at radius 1 is 1.12 bits per heavy atom. The van der Waals surface area contributed by atoms with Crippen LogP contribution >= 0.6 is 27.7 Å². The van der Waals surface area contributed by atoms with Gasteiger partial charge in [-0.3, -0.25) is 14.5 Å². The minimum absolute atomic E-state index is 0.174. The standard InChI is InChI=1S/C17H10BrFN4O2S/c18-9-1-6-13-12(7-9)15(16(25)20-13)21-22-17-23(14(24)8-26-17)11-4-2-10(19)3-5-11/h1-7H,8H2,(H,20,21,25). The van der Waals surface area contributed by atoms with Crippen molar-refractivity contribution >= 4 is 61.8 Å². The summed E-state index contributed by atoms with van der Waals surface area (Å²) in [5.74, 6) is -0.726. The van der Waals surface area contributed by atoms with Gasteiger partial charge in [-0.25, -0.2) is 4.39 Å². The monoisotopic (exact) mass is 432 g/mol. The number of fused-ring (bicyclic) bond motifs is 1. The Bertz CT molecular complexity index is 991. The number of nitrogens with zero attached hydrogens (tertiary/aromatic N) is 3. The molecule has 2 aliphatic heterocycles.